The van der Waals surface area contributed by atoms with Crippen molar-refractivity contribution < 1.29 is 14.0 Å². The number of thiazole rings is 1. The van der Waals surface area contributed by atoms with E-state index in [1.807, 2.05) is 6.92 Å². The molecule has 0 saturated carbocycles. The Bertz CT molecular complexity index is 784. The Labute approximate surface area is 147 Å². The van der Waals surface area contributed by atoms with Gasteiger partial charge in [-0.25, -0.2) is 19.6 Å². The van der Waals surface area contributed by atoms with Gasteiger partial charge in [-0.2, -0.15) is 0 Å². The lowest BCUT2D eigenvalue weighted by atomic mass is 10.2. The van der Waals surface area contributed by atoms with Crippen LogP contribution in [0.3, 0.4) is 0 Å². The summed E-state index contributed by atoms with van der Waals surface area (Å²) in [5.74, 6) is 0. The van der Waals surface area contributed by atoms with Crippen molar-refractivity contribution in [2.75, 3.05) is 37.9 Å². The molecule has 0 aromatic carbocycles. The second kappa shape index (κ2) is 6.48. The Kier molecular flexibility index (Phi) is 4.17. The van der Waals surface area contributed by atoms with Crippen LogP contribution >= 0.6 is 11.3 Å². The number of rotatable bonds is 3. The SMILES string of the molecule is Cc1cnn2c1-c1nc(N3CCN(C(=O)NNCF)CC3)sc1CO2. The van der Waals surface area contributed by atoms with Gasteiger partial charge in [0.05, 0.1) is 11.1 Å². The smallest absolute Gasteiger partial charge is 0.331 e. The largest absolute Gasteiger partial charge is 0.390 e. The van der Waals surface area contributed by atoms with Crippen molar-refractivity contribution in [1.29, 1.82) is 0 Å². The summed E-state index contributed by atoms with van der Waals surface area (Å²) in [4.78, 5) is 28.7. The van der Waals surface area contributed by atoms with Gasteiger partial charge < -0.3 is 14.6 Å². The Hall–Kier alpha value is -2.40. The van der Waals surface area contributed by atoms with Gasteiger partial charge in [0, 0.05) is 31.7 Å². The van der Waals surface area contributed by atoms with Crippen LogP contribution in [0.1, 0.15) is 10.4 Å². The first-order valence-electron chi connectivity index (χ1n) is 7.94. The van der Waals surface area contributed by atoms with E-state index in [9.17, 15) is 9.18 Å². The normalized spacial score (nSPS) is 16.2. The van der Waals surface area contributed by atoms with Crippen LogP contribution in [0.2, 0.25) is 0 Å². The fraction of sp³-hybridized carbons (Fsp3) is 0.500. The van der Waals surface area contributed by atoms with Crippen molar-refractivity contribution in [3.05, 3.63) is 16.6 Å². The predicted molar refractivity (Wildman–Crippen MR) is 89.8 cm³/mol. The van der Waals surface area contributed by atoms with Crippen LogP contribution in [0.15, 0.2) is 6.20 Å². The predicted octanol–water partition coefficient (Wildman–Crippen LogP) is 0.520. The van der Waals surface area contributed by atoms with Gasteiger partial charge in [-0.1, -0.05) is 16.2 Å². The quantitative estimate of drug-likeness (QED) is 0.608. The minimum Gasteiger partial charge on any atom is -0.390 e. The van der Waals surface area contributed by atoms with Crippen molar-refractivity contribution in [2.24, 2.45) is 0 Å². The molecule has 11 heteroatoms. The average molecular weight is 367 g/mol. The molecule has 0 bridgehead atoms. The topological polar surface area (TPSA) is 87.6 Å². The summed E-state index contributed by atoms with van der Waals surface area (Å²) in [5, 5.41) is 5.11. The Morgan fingerprint density at radius 1 is 1.40 bits per heavy atom. The maximum absolute atomic E-state index is 12.1. The Balaban J connectivity index is 1.46. The molecule has 2 aliphatic rings. The summed E-state index contributed by atoms with van der Waals surface area (Å²) in [7, 11) is 0. The molecule has 0 atom stereocenters. The minimum absolute atomic E-state index is 0.316. The number of carbonyl (C=O) groups excluding carboxylic acids is 1. The highest BCUT2D eigenvalue weighted by atomic mass is 32.1. The van der Waals surface area contributed by atoms with Crippen LogP contribution in [0.5, 0.6) is 0 Å². The average Bonchev–Trinajstić information content (AvgIpc) is 3.23. The fourth-order valence-electron chi connectivity index (χ4n) is 2.95. The van der Waals surface area contributed by atoms with E-state index in [2.05, 4.69) is 20.9 Å². The van der Waals surface area contributed by atoms with E-state index >= 15 is 0 Å². The van der Waals surface area contributed by atoms with E-state index in [1.54, 1.807) is 22.4 Å². The molecule has 0 spiro atoms. The maximum Gasteiger partial charge on any atom is 0.331 e. The van der Waals surface area contributed by atoms with Gasteiger partial charge in [0.25, 0.3) is 0 Å². The summed E-state index contributed by atoms with van der Waals surface area (Å²) < 4.78 is 12.1. The lowest BCUT2D eigenvalue weighted by Crippen LogP contribution is -2.54. The second-order valence-electron chi connectivity index (χ2n) is 5.81. The molecule has 2 amide bonds. The molecule has 4 rings (SSSR count). The van der Waals surface area contributed by atoms with Crippen LogP contribution in [0.4, 0.5) is 14.3 Å². The number of hydrogen-bond acceptors (Lipinski definition) is 7. The van der Waals surface area contributed by atoms with Gasteiger partial charge in [-0.15, -0.1) is 5.10 Å². The number of hydrogen-bond donors (Lipinski definition) is 2. The highest BCUT2D eigenvalue weighted by Gasteiger charge is 2.28. The van der Waals surface area contributed by atoms with Gasteiger partial charge in [0.1, 0.15) is 11.4 Å². The summed E-state index contributed by atoms with van der Waals surface area (Å²) in [5.41, 5.74) is 7.35. The van der Waals surface area contributed by atoms with Gasteiger partial charge in [-0.3, -0.25) is 5.43 Å². The minimum atomic E-state index is -0.797. The number of urea groups is 1. The summed E-state index contributed by atoms with van der Waals surface area (Å²) in [6, 6.07) is -0.316. The van der Waals surface area contributed by atoms with E-state index in [1.165, 1.54) is 4.85 Å². The third-order valence-corrected chi connectivity index (χ3v) is 5.34. The molecule has 25 heavy (non-hydrogen) atoms. The molecule has 2 aromatic heterocycles. The number of fused-ring (bicyclic) bond motifs is 3. The number of aromatic nitrogens is 3. The first-order chi connectivity index (χ1) is 12.2. The lowest BCUT2D eigenvalue weighted by molar-refractivity contribution is 0.0693. The molecule has 9 nitrogen and oxygen atoms in total. The lowest BCUT2D eigenvalue weighted by Gasteiger charge is -2.34. The maximum atomic E-state index is 12.1. The van der Waals surface area contributed by atoms with Gasteiger partial charge in [0.15, 0.2) is 18.5 Å². The van der Waals surface area contributed by atoms with E-state index in [4.69, 9.17) is 9.82 Å². The molecule has 2 aliphatic heterocycles. The third kappa shape index (κ3) is 2.89. The molecule has 1 saturated heterocycles. The Morgan fingerprint density at radius 2 is 2.20 bits per heavy atom. The van der Waals surface area contributed by atoms with Crippen LogP contribution in [0.25, 0.3) is 11.4 Å². The molecular formula is C14H18FN7O2S. The van der Waals surface area contributed by atoms with Crippen LogP contribution < -0.4 is 20.6 Å². The highest BCUT2D eigenvalue weighted by Crippen LogP contribution is 2.37. The number of aryl methyl sites for hydroxylation is 1. The number of nitrogens with one attached hydrogen (secondary N) is 2. The van der Waals surface area contributed by atoms with Crippen LogP contribution in [0, 0.1) is 6.92 Å². The van der Waals surface area contributed by atoms with E-state index in [0.29, 0.717) is 32.8 Å². The van der Waals surface area contributed by atoms with Gasteiger partial charge >= 0.3 is 6.03 Å². The van der Waals surface area contributed by atoms with Crippen molar-refractivity contribution in [2.45, 2.75) is 13.5 Å². The number of carbonyl (C=O) groups is 1. The number of anilines is 1. The molecule has 0 aliphatic carbocycles. The molecule has 1 fully saturated rings. The van der Waals surface area contributed by atoms with Crippen molar-refractivity contribution in [3.8, 4) is 11.4 Å². The number of nitrogens with zero attached hydrogens (tertiary/aromatic N) is 5. The fourth-order valence-corrected chi connectivity index (χ4v) is 3.97. The number of amides is 2. The summed E-state index contributed by atoms with van der Waals surface area (Å²) in [6.07, 6.45) is 1.77. The van der Waals surface area contributed by atoms with Gasteiger partial charge in [0.2, 0.25) is 0 Å². The van der Waals surface area contributed by atoms with E-state index in [-0.39, 0.29) is 6.03 Å². The second-order valence-corrected chi connectivity index (χ2v) is 6.87. The van der Waals surface area contributed by atoms with Crippen molar-refractivity contribution in [3.63, 3.8) is 0 Å². The van der Waals surface area contributed by atoms with Crippen molar-refractivity contribution in [1.82, 2.24) is 30.7 Å². The summed E-state index contributed by atoms with van der Waals surface area (Å²) >= 11 is 1.61. The zero-order chi connectivity index (χ0) is 17.4. The molecule has 4 heterocycles. The molecule has 0 unspecified atom stereocenters. The zero-order valence-corrected chi connectivity index (χ0v) is 14.5. The first kappa shape index (κ1) is 16.1. The Morgan fingerprint density at radius 3 is 2.96 bits per heavy atom. The van der Waals surface area contributed by atoms with E-state index < -0.39 is 6.80 Å². The summed E-state index contributed by atoms with van der Waals surface area (Å²) in [6.45, 7) is 4.10. The third-order valence-electron chi connectivity index (χ3n) is 4.25. The highest BCUT2D eigenvalue weighted by molar-refractivity contribution is 7.16. The number of piperazine rings is 1. The molecule has 2 aromatic rings. The van der Waals surface area contributed by atoms with Crippen molar-refractivity contribution >= 4 is 22.5 Å². The number of alkyl halides is 1. The molecule has 0 radical (unpaired) electrons. The first-order valence-corrected chi connectivity index (χ1v) is 8.75. The number of halogens is 1. The van der Waals surface area contributed by atoms with E-state index in [0.717, 1.165) is 27.0 Å². The van der Waals surface area contributed by atoms with Gasteiger partial charge in [-0.05, 0) is 6.92 Å². The van der Waals surface area contributed by atoms with Crippen LogP contribution in [-0.2, 0) is 6.61 Å². The molecular weight excluding hydrogens is 349 g/mol. The standard InChI is InChI=1S/C14H18FN7O2S/c1-9-6-17-22-12(9)11-10(7-24-22)25-14(18-11)21-4-2-20(3-5-21)13(23)19-16-8-15/h6,16H,2-5,7-8H2,1H3,(H,19,23). The molecule has 2 N–H and O–H groups in total. The van der Waals surface area contributed by atoms with Crippen LogP contribution in [-0.4, -0.2) is 58.8 Å². The molecule has 134 valence electrons. The monoisotopic (exact) mass is 367 g/mol. The number of hydrazine groups is 1. The zero-order valence-electron chi connectivity index (χ0n) is 13.7.